The van der Waals surface area contributed by atoms with Gasteiger partial charge in [-0.3, -0.25) is 19.2 Å². The fraction of sp³-hybridized carbons (Fsp3) is 0.583. The largest absolute Gasteiger partial charge is 0.504 e. The van der Waals surface area contributed by atoms with Gasteiger partial charge in [-0.15, -0.1) is 0 Å². The van der Waals surface area contributed by atoms with Crippen LogP contribution in [0.25, 0.3) is 21.9 Å². The van der Waals surface area contributed by atoms with E-state index in [1.165, 1.54) is 19.9 Å². The Hall–Kier alpha value is -4.67. The van der Waals surface area contributed by atoms with E-state index in [-0.39, 0.29) is 39.9 Å². The van der Waals surface area contributed by atoms with E-state index >= 15 is 0 Å². The van der Waals surface area contributed by atoms with Gasteiger partial charge in [0, 0.05) is 45.1 Å². The Morgan fingerprint density at radius 1 is 0.731 bits per heavy atom. The molecule has 0 aliphatic carbocycles. The lowest BCUT2D eigenvalue weighted by Crippen LogP contribution is -2.65. The van der Waals surface area contributed by atoms with Crippen molar-refractivity contribution in [1.29, 1.82) is 0 Å². The monoisotopic (exact) mass is 732 g/mol. The molecule has 0 bridgehead atoms. The molecule has 10 atom stereocenters. The SMILES string of the molecule is CC[C@H]1O[C@@H](O[C@H]2[C@H](OC(C)=O)[C@@H](OC(C)=O)[C@H](Oc3c(O)c(C)cc4c3oc3cc(C)oc(=O)c34)O[C@@H]2CC)[C@H](OC(C)=O)[C@@H](OC(C)=O)[C@H]1C. The number of fused-ring (bicyclic) bond motifs is 3. The van der Waals surface area contributed by atoms with E-state index in [1.54, 1.807) is 33.8 Å². The summed E-state index contributed by atoms with van der Waals surface area (Å²) in [5.41, 5.74) is -0.195. The average molecular weight is 733 g/mol. The van der Waals surface area contributed by atoms with E-state index in [1.807, 2.05) is 6.92 Å². The Balaban J connectivity index is 1.59. The highest BCUT2D eigenvalue weighted by molar-refractivity contribution is 6.07. The van der Waals surface area contributed by atoms with Crippen LogP contribution in [-0.2, 0) is 52.3 Å². The first-order valence-corrected chi connectivity index (χ1v) is 17.1. The predicted molar refractivity (Wildman–Crippen MR) is 178 cm³/mol. The topological polar surface area (TPSA) is 206 Å². The number of hydrogen-bond donors (Lipinski definition) is 1. The van der Waals surface area contributed by atoms with Gasteiger partial charge in [-0.1, -0.05) is 20.8 Å². The molecular weight excluding hydrogens is 688 g/mol. The minimum Gasteiger partial charge on any atom is -0.504 e. The van der Waals surface area contributed by atoms with Crippen LogP contribution in [-0.4, -0.2) is 84.3 Å². The Morgan fingerprint density at radius 3 is 1.85 bits per heavy atom. The second-order valence-corrected chi connectivity index (χ2v) is 13.0. The third-order valence-electron chi connectivity index (χ3n) is 9.06. The van der Waals surface area contributed by atoms with Gasteiger partial charge in [0.15, 0.2) is 29.8 Å². The van der Waals surface area contributed by atoms with E-state index in [4.69, 9.17) is 46.7 Å². The second kappa shape index (κ2) is 15.5. The van der Waals surface area contributed by atoms with Gasteiger partial charge in [0.25, 0.3) is 0 Å². The van der Waals surface area contributed by atoms with Crippen LogP contribution in [0.3, 0.4) is 0 Å². The normalized spacial score (nSPS) is 29.0. The number of rotatable bonds is 10. The third-order valence-corrected chi connectivity index (χ3v) is 9.06. The van der Waals surface area contributed by atoms with Gasteiger partial charge in [0.05, 0.1) is 12.2 Å². The number of esters is 4. The van der Waals surface area contributed by atoms with Crippen molar-refractivity contribution < 1.29 is 71.0 Å². The van der Waals surface area contributed by atoms with Gasteiger partial charge < -0.3 is 51.8 Å². The summed E-state index contributed by atoms with van der Waals surface area (Å²) in [5.74, 6) is -3.60. The van der Waals surface area contributed by atoms with Gasteiger partial charge in [0.1, 0.15) is 28.9 Å². The molecule has 0 radical (unpaired) electrons. The Labute approximate surface area is 298 Å². The molecular formula is C36H44O16. The van der Waals surface area contributed by atoms with Crippen LogP contribution in [0.15, 0.2) is 25.8 Å². The zero-order valence-corrected chi connectivity index (χ0v) is 30.4. The fourth-order valence-corrected chi connectivity index (χ4v) is 6.85. The van der Waals surface area contributed by atoms with Crippen molar-refractivity contribution in [3.8, 4) is 11.5 Å². The molecule has 16 heteroatoms. The van der Waals surface area contributed by atoms with E-state index in [2.05, 4.69) is 0 Å². The number of phenols is 1. The van der Waals surface area contributed by atoms with E-state index in [0.717, 1.165) is 13.8 Å². The van der Waals surface area contributed by atoms with Crippen molar-refractivity contribution in [3.05, 3.63) is 33.9 Å². The molecule has 0 saturated carbocycles. The molecule has 0 amide bonds. The molecule has 1 N–H and O–H groups in total. The maximum atomic E-state index is 12.8. The van der Waals surface area contributed by atoms with Crippen LogP contribution in [0, 0.1) is 19.8 Å². The minimum atomic E-state index is -1.55. The third kappa shape index (κ3) is 7.73. The zero-order valence-electron chi connectivity index (χ0n) is 30.4. The standard InChI is InChI=1S/C36H44O16/c1-10-22-16(5)27(44-17(6)37)32(46-19(8)39)35(49-22)51-29-23(11-2)50-36(33(47-20(9)40)31(29)45-18(7)38)52-30-26(41)14(3)12-21-25-24(48-28(21)30)13-15(4)43-34(25)42/h12-13,16,22-23,27,29,31-33,35-36,41H,10-11H2,1-9H3/t16-,22+,23+,27-,29+,31-,32+,33+,35-,36-/m0/s1. The molecule has 2 aliphatic rings. The summed E-state index contributed by atoms with van der Waals surface area (Å²) in [6.07, 6.45) is -10.1. The van der Waals surface area contributed by atoms with Crippen molar-refractivity contribution in [2.75, 3.05) is 0 Å². The molecule has 2 aliphatic heterocycles. The predicted octanol–water partition coefficient (Wildman–Crippen LogP) is 4.26. The number of carbonyl (C=O) groups excluding carboxylic acids is 4. The smallest absolute Gasteiger partial charge is 0.347 e. The first-order valence-electron chi connectivity index (χ1n) is 17.1. The molecule has 52 heavy (non-hydrogen) atoms. The number of aromatic hydroxyl groups is 1. The Kier molecular flexibility index (Phi) is 11.5. The first kappa shape index (κ1) is 38.6. The van der Waals surface area contributed by atoms with Gasteiger partial charge in [-0.05, 0) is 38.3 Å². The van der Waals surface area contributed by atoms with Crippen LogP contribution in [0.5, 0.6) is 11.5 Å². The molecule has 284 valence electrons. The maximum Gasteiger partial charge on any atom is 0.347 e. The van der Waals surface area contributed by atoms with Crippen molar-refractivity contribution in [2.45, 2.75) is 130 Å². The molecule has 2 aromatic heterocycles. The molecule has 2 saturated heterocycles. The quantitative estimate of drug-likeness (QED) is 0.228. The second-order valence-electron chi connectivity index (χ2n) is 13.0. The number of ether oxygens (including phenoxy) is 8. The lowest BCUT2D eigenvalue weighted by Gasteiger charge is -2.48. The number of furan rings is 1. The molecule has 0 unspecified atom stereocenters. The summed E-state index contributed by atoms with van der Waals surface area (Å²) < 4.78 is 59.4. The van der Waals surface area contributed by atoms with E-state index in [0.29, 0.717) is 17.7 Å². The number of phenolic OH excluding ortho intramolecular Hbond substituents is 1. The molecule has 2 fully saturated rings. The molecule has 3 aromatic rings. The summed E-state index contributed by atoms with van der Waals surface area (Å²) in [6.45, 7) is 13.3. The summed E-state index contributed by atoms with van der Waals surface area (Å²) in [4.78, 5) is 62.6. The lowest BCUT2D eigenvalue weighted by atomic mass is 9.88. The highest BCUT2D eigenvalue weighted by Gasteiger charge is 2.55. The van der Waals surface area contributed by atoms with Gasteiger partial charge in [-0.25, -0.2) is 4.79 Å². The van der Waals surface area contributed by atoms with Crippen LogP contribution in [0.1, 0.15) is 72.6 Å². The van der Waals surface area contributed by atoms with E-state index in [9.17, 15) is 29.1 Å². The van der Waals surface area contributed by atoms with Crippen molar-refractivity contribution in [1.82, 2.24) is 0 Å². The molecule has 16 nitrogen and oxygen atoms in total. The maximum absolute atomic E-state index is 12.8. The molecule has 4 heterocycles. The van der Waals surface area contributed by atoms with Crippen molar-refractivity contribution in [3.63, 3.8) is 0 Å². The number of benzene rings is 1. The van der Waals surface area contributed by atoms with Crippen LogP contribution in [0.2, 0.25) is 0 Å². The highest BCUT2D eigenvalue weighted by atomic mass is 16.8. The van der Waals surface area contributed by atoms with Crippen molar-refractivity contribution >= 4 is 45.8 Å². The summed E-state index contributed by atoms with van der Waals surface area (Å²) in [7, 11) is 0. The summed E-state index contributed by atoms with van der Waals surface area (Å²) >= 11 is 0. The fourth-order valence-electron chi connectivity index (χ4n) is 6.85. The molecule has 0 spiro atoms. The first-order chi connectivity index (χ1) is 24.5. The zero-order chi connectivity index (χ0) is 38.2. The molecule has 5 rings (SSSR count). The number of carbonyl (C=O) groups is 4. The van der Waals surface area contributed by atoms with Gasteiger partial charge in [0.2, 0.25) is 18.1 Å². The van der Waals surface area contributed by atoms with Crippen LogP contribution >= 0.6 is 0 Å². The number of hydrogen-bond acceptors (Lipinski definition) is 16. The summed E-state index contributed by atoms with van der Waals surface area (Å²) in [6, 6.07) is 3.06. The summed E-state index contributed by atoms with van der Waals surface area (Å²) in [5, 5.41) is 11.7. The van der Waals surface area contributed by atoms with Crippen LogP contribution in [0.4, 0.5) is 0 Å². The lowest BCUT2D eigenvalue weighted by molar-refractivity contribution is -0.346. The van der Waals surface area contributed by atoms with Crippen molar-refractivity contribution in [2.24, 2.45) is 5.92 Å². The highest BCUT2D eigenvalue weighted by Crippen LogP contribution is 2.44. The average Bonchev–Trinajstić information content (AvgIpc) is 3.41. The molecule has 1 aromatic carbocycles. The number of aryl methyl sites for hydroxylation is 2. The minimum absolute atomic E-state index is 0.0206. The Morgan fingerprint density at radius 2 is 1.27 bits per heavy atom. The van der Waals surface area contributed by atoms with Gasteiger partial charge >= 0.3 is 29.5 Å². The van der Waals surface area contributed by atoms with Crippen LogP contribution < -0.4 is 10.4 Å². The van der Waals surface area contributed by atoms with Gasteiger partial charge in [-0.2, -0.15) is 0 Å². The van der Waals surface area contributed by atoms with E-state index < -0.39 is 90.7 Å². The Bertz CT molecular complexity index is 1890.